The number of hydrogen-bond acceptors (Lipinski definition) is 5. The molecule has 0 aliphatic heterocycles. The average molecular weight is 409 g/mol. The number of nitriles is 1. The number of benzene rings is 3. The molecule has 3 aromatic carbocycles. The lowest BCUT2D eigenvalue weighted by molar-refractivity contribution is 0.102. The summed E-state index contributed by atoms with van der Waals surface area (Å²) in [7, 11) is 0. The standard InChI is InChI=1S/C24H19N5O2/c1-16-3-2-4-22(13-16)31-21-11-7-19(8-12-21)28-24(30)17-5-9-20(10-6-17)29-23(26)18(14-25)15-27-29/h2-13,15H,26H2,1H3,(H,28,30). The van der Waals surface area contributed by atoms with E-state index >= 15 is 0 Å². The first kappa shape index (κ1) is 19.7. The van der Waals surface area contributed by atoms with Crippen LogP contribution in [0.3, 0.4) is 0 Å². The Morgan fingerprint density at radius 1 is 1.06 bits per heavy atom. The largest absolute Gasteiger partial charge is 0.457 e. The van der Waals surface area contributed by atoms with Crippen LogP contribution in [-0.4, -0.2) is 15.7 Å². The van der Waals surface area contributed by atoms with Crippen molar-refractivity contribution in [1.82, 2.24) is 9.78 Å². The van der Waals surface area contributed by atoms with Gasteiger partial charge < -0.3 is 15.8 Å². The first-order chi connectivity index (χ1) is 15.0. The van der Waals surface area contributed by atoms with E-state index in [1.54, 1.807) is 48.5 Å². The summed E-state index contributed by atoms with van der Waals surface area (Å²) >= 11 is 0. The highest BCUT2D eigenvalue weighted by Crippen LogP contribution is 2.24. The molecule has 0 fully saturated rings. The van der Waals surface area contributed by atoms with Crippen LogP contribution in [-0.2, 0) is 0 Å². The molecule has 1 aromatic heterocycles. The predicted octanol–water partition coefficient (Wildman–Crippen LogP) is 4.68. The monoisotopic (exact) mass is 409 g/mol. The van der Waals surface area contributed by atoms with Gasteiger partial charge in [-0.2, -0.15) is 10.4 Å². The van der Waals surface area contributed by atoms with Crippen LogP contribution < -0.4 is 15.8 Å². The normalized spacial score (nSPS) is 10.3. The third kappa shape index (κ3) is 4.38. The van der Waals surface area contributed by atoms with E-state index in [1.807, 2.05) is 37.3 Å². The van der Waals surface area contributed by atoms with Crippen LogP contribution in [0.15, 0.2) is 79.0 Å². The second-order valence-electron chi connectivity index (χ2n) is 6.91. The van der Waals surface area contributed by atoms with E-state index < -0.39 is 0 Å². The minimum Gasteiger partial charge on any atom is -0.457 e. The Labute approximate surface area is 179 Å². The van der Waals surface area contributed by atoms with E-state index in [0.29, 0.717) is 28.3 Å². The molecule has 0 aliphatic rings. The molecule has 7 heteroatoms. The Hall–Kier alpha value is -4.57. The van der Waals surface area contributed by atoms with Gasteiger partial charge in [-0.1, -0.05) is 12.1 Å². The molecule has 0 saturated carbocycles. The van der Waals surface area contributed by atoms with Crippen LogP contribution in [0, 0.1) is 18.3 Å². The lowest BCUT2D eigenvalue weighted by Gasteiger charge is -2.09. The third-order valence-corrected chi connectivity index (χ3v) is 4.64. The number of nitrogen functional groups attached to an aromatic ring is 1. The van der Waals surface area contributed by atoms with Gasteiger partial charge in [0, 0.05) is 11.3 Å². The molecule has 4 aromatic rings. The molecule has 0 atom stereocenters. The highest BCUT2D eigenvalue weighted by Gasteiger charge is 2.11. The van der Waals surface area contributed by atoms with Crippen molar-refractivity contribution in [1.29, 1.82) is 5.26 Å². The zero-order valence-electron chi connectivity index (χ0n) is 16.7. The number of amides is 1. The van der Waals surface area contributed by atoms with Crippen molar-refractivity contribution in [3.05, 3.63) is 95.7 Å². The van der Waals surface area contributed by atoms with Gasteiger partial charge in [-0.25, -0.2) is 4.68 Å². The van der Waals surface area contributed by atoms with E-state index in [0.717, 1.165) is 11.3 Å². The minimum atomic E-state index is -0.245. The molecule has 7 nitrogen and oxygen atoms in total. The second-order valence-corrected chi connectivity index (χ2v) is 6.91. The van der Waals surface area contributed by atoms with Crippen LogP contribution in [0.5, 0.6) is 11.5 Å². The molecular formula is C24H19N5O2. The highest BCUT2D eigenvalue weighted by molar-refractivity contribution is 6.04. The van der Waals surface area contributed by atoms with Crippen molar-refractivity contribution >= 4 is 17.4 Å². The van der Waals surface area contributed by atoms with E-state index in [-0.39, 0.29) is 11.7 Å². The first-order valence-corrected chi connectivity index (χ1v) is 9.53. The van der Waals surface area contributed by atoms with Crippen LogP contribution in [0.25, 0.3) is 5.69 Å². The van der Waals surface area contributed by atoms with Crippen molar-refractivity contribution in [2.75, 3.05) is 11.1 Å². The van der Waals surface area contributed by atoms with Gasteiger partial charge in [0.25, 0.3) is 5.91 Å². The van der Waals surface area contributed by atoms with Crippen LogP contribution in [0.2, 0.25) is 0 Å². The first-order valence-electron chi connectivity index (χ1n) is 9.53. The zero-order chi connectivity index (χ0) is 21.8. The SMILES string of the molecule is Cc1cccc(Oc2ccc(NC(=O)c3ccc(-n4ncc(C#N)c4N)cc3)cc2)c1. The average Bonchev–Trinajstić information content (AvgIpc) is 3.15. The summed E-state index contributed by atoms with van der Waals surface area (Å²) < 4.78 is 7.28. The number of anilines is 2. The number of nitrogens with one attached hydrogen (secondary N) is 1. The smallest absolute Gasteiger partial charge is 0.255 e. The van der Waals surface area contributed by atoms with Gasteiger partial charge in [0.1, 0.15) is 28.9 Å². The number of nitrogens with two attached hydrogens (primary N) is 1. The van der Waals surface area contributed by atoms with Gasteiger partial charge in [0.05, 0.1) is 11.9 Å². The molecule has 0 bridgehead atoms. The number of aryl methyl sites for hydroxylation is 1. The number of rotatable bonds is 5. The molecule has 1 heterocycles. The molecule has 152 valence electrons. The molecule has 0 aliphatic carbocycles. The van der Waals surface area contributed by atoms with Crippen molar-refractivity contribution in [2.45, 2.75) is 6.92 Å². The van der Waals surface area contributed by atoms with E-state index in [9.17, 15) is 4.79 Å². The molecule has 0 spiro atoms. The quantitative estimate of drug-likeness (QED) is 0.498. The maximum Gasteiger partial charge on any atom is 0.255 e. The Bertz CT molecular complexity index is 1270. The Kier molecular flexibility index (Phi) is 5.37. The molecule has 4 rings (SSSR count). The van der Waals surface area contributed by atoms with Crippen LogP contribution in [0.1, 0.15) is 21.5 Å². The van der Waals surface area contributed by atoms with E-state index in [4.69, 9.17) is 15.7 Å². The molecule has 3 N–H and O–H groups in total. The van der Waals surface area contributed by atoms with Crippen molar-refractivity contribution in [3.8, 4) is 23.3 Å². The number of nitrogens with zero attached hydrogens (tertiary/aromatic N) is 3. The summed E-state index contributed by atoms with van der Waals surface area (Å²) in [4.78, 5) is 12.6. The van der Waals surface area contributed by atoms with Crippen molar-refractivity contribution < 1.29 is 9.53 Å². The van der Waals surface area contributed by atoms with Gasteiger partial charge in [-0.05, 0) is 73.2 Å². The van der Waals surface area contributed by atoms with E-state index in [2.05, 4.69) is 10.4 Å². The summed E-state index contributed by atoms with van der Waals surface area (Å²) in [6.45, 7) is 2.01. The maximum absolute atomic E-state index is 12.6. The number of carbonyl (C=O) groups is 1. The Morgan fingerprint density at radius 2 is 1.81 bits per heavy atom. The molecule has 0 saturated heterocycles. The summed E-state index contributed by atoms with van der Waals surface area (Å²) in [5.41, 5.74) is 9.12. The summed E-state index contributed by atoms with van der Waals surface area (Å²) in [5.74, 6) is 1.45. The number of carbonyl (C=O) groups excluding carboxylic acids is 1. The fourth-order valence-corrected chi connectivity index (χ4v) is 3.03. The second kappa shape index (κ2) is 8.43. The van der Waals surface area contributed by atoms with Gasteiger partial charge in [0.15, 0.2) is 0 Å². The summed E-state index contributed by atoms with van der Waals surface area (Å²) in [5, 5.41) is 15.9. The molecular weight excluding hydrogens is 390 g/mol. The lowest BCUT2D eigenvalue weighted by atomic mass is 10.2. The maximum atomic E-state index is 12.6. The van der Waals surface area contributed by atoms with Gasteiger partial charge in [0.2, 0.25) is 0 Å². The van der Waals surface area contributed by atoms with Gasteiger partial charge in [-0.3, -0.25) is 4.79 Å². The topological polar surface area (TPSA) is 106 Å². The highest BCUT2D eigenvalue weighted by atomic mass is 16.5. The molecule has 31 heavy (non-hydrogen) atoms. The number of aromatic nitrogens is 2. The van der Waals surface area contributed by atoms with Gasteiger partial charge in [-0.15, -0.1) is 0 Å². The minimum absolute atomic E-state index is 0.245. The van der Waals surface area contributed by atoms with E-state index in [1.165, 1.54) is 10.9 Å². The van der Waals surface area contributed by atoms with Crippen molar-refractivity contribution in [3.63, 3.8) is 0 Å². The fourth-order valence-electron chi connectivity index (χ4n) is 3.03. The number of ether oxygens (including phenoxy) is 1. The number of hydrogen-bond donors (Lipinski definition) is 2. The fraction of sp³-hybridized carbons (Fsp3) is 0.0417. The van der Waals surface area contributed by atoms with Crippen LogP contribution >= 0.6 is 0 Å². The van der Waals surface area contributed by atoms with Gasteiger partial charge >= 0.3 is 0 Å². The molecule has 0 radical (unpaired) electrons. The lowest BCUT2D eigenvalue weighted by Crippen LogP contribution is -2.12. The zero-order valence-corrected chi connectivity index (χ0v) is 16.7. The molecule has 0 unspecified atom stereocenters. The predicted molar refractivity (Wildman–Crippen MR) is 118 cm³/mol. The van der Waals surface area contributed by atoms with Crippen LogP contribution in [0.4, 0.5) is 11.5 Å². The summed E-state index contributed by atoms with van der Waals surface area (Å²) in [6, 6.07) is 23.7. The summed E-state index contributed by atoms with van der Waals surface area (Å²) in [6.07, 6.45) is 1.41. The Balaban J connectivity index is 1.42. The Morgan fingerprint density at radius 3 is 2.45 bits per heavy atom. The third-order valence-electron chi connectivity index (χ3n) is 4.64. The van der Waals surface area contributed by atoms with Crippen molar-refractivity contribution in [2.24, 2.45) is 0 Å². The molecule has 1 amide bonds.